The van der Waals surface area contributed by atoms with Crippen LogP contribution in [-0.2, 0) is 9.59 Å². The van der Waals surface area contributed by atoms with E-state index in [0.717, 1.165) is 6.29 Å². The molecule has 0 aliphatic heterocycles. The number of rotatable bonds is 4. The molecular formula is C8H14O2. The Morgan fingerprint density at radius 3 is 2.20 bits per heavy atom. The van der Waals surface area contributed by atoms with Gasteiger partial charge < -0.3 is 4.79 Å². The van der Waals surface area contributed by atoms with E-state index in [-0.39, 0.29) is 17.6 Å². The van der Waals surface area contributed by atoms with Crippen molar-refractivity contribution in [3.63, 3.8) is 0 Å². The van der Waals surface area contributed by atoms with Gasteiger partial charge in [-0.3, -0.25) is 4.79 Å². The average molecular weight is 142 g/mol. The van der Waals surface area contributed by atoms with Gasteiger partial charge in [0.1, 0.15) is 12.1 Å². The van der Waals surface area contributed by atoms with Gasteiger partial charge in [0.05, 0.1) is 0 Å². The molecule has 0 N–H and O–H groups in total. The maximum Gasteiger partial charge on any atom is 0.136 e. The Labute approximate surface area is 61.6 Å². The average Bonchev–Trinajstić information content (AvgIpc) is 1.87. The van der Waals surface area contributed by atoms with Crippen molar-refractivity contribution < 1.29 is 9.59 Å². The lowest BCUT2D eigenvalue weighted by atomic mass is 9.99. The van der Waals surface area contributed by atoms with Gasteiger partial charge in [-0.1, -0.05) is 20.8 Å². The lowest BCUT2D eigenvalue weighted by Crippen LogP contribution is -2.11. The molecule has 0 aliphatic carbocycles. The highest BCUT2D eigenvalue weighted by Crippen LogP contribution is 2.05. The lowest BCUT2D eigenvalue weighted by Gasteiger charge is -2.04. The van der Waals surface area contributed by atoms with Crippen molar-refractivity contribution in [2.45, 2.75) is 27.2 Å². The first-order chi connectivity index (χ1) is 4.57. The Bertz CT molecular complexity index is 127. The molecule has 0 radical (unpaired) electrons. The van der Waals surface area contributed by atoms with Crippen LogP contribution in [0.25, 0.3) is 0 Å². The summed E-state index contributed by atoms with van der Waals surface area (Å²) >= 11 is 0. The molecule has 1 unspecified atom stereocenters. The van der Waals surface area contributed by atoms with Crippen LogP contribution >= 0.6 is 0 Å². The van der Waals surface area contributed by atoms with E-state index >= 15 is 0 Å². The van der Waals surface area contributed by atoms with Crippen LogP contribution in [0, 0.1) is 11.8 Å². The van der Waals surface area contributed by atoms with Crippen molar-refractivity contribution in [2.24, 2.45) is 11.8 Å². The molecule has 0 aromatic carbocycles. The minimum Gasteiger partial charge on any atom is -0.303 e. The van der Waals surface area contributed by atoms with E-state index in [1.807, 2.05) is 13.8 Å². The number of carbonyl (C=O) groups is 2. The summed E-state index contributed by atoms with van der Waals surface area (Å²) < 4.78 is 0. The van der Waals surface area contributed by atoms with Crippen LogP contribution in [0.3, 0.4) is 0 Å². The first kappa shape index (κ1) is 9.34. The molecule has 0 aromatic rings. The van der Waals surface area contributed by atoms with Gasteiger partial charge in [0.15, 0.2) is 0 Å². The number of ketones is 1. The normalized spacial score (nSPS) is 13.2. The summed E-state index contributed by atoms with van der Waals surface area (Å²) in [5.74, 6) is 0.108. The third-order valence-electron chi connectivity index (χ3n) is 1.40. The third-order valence-corrected chi connectivity index (χ3v) is 1.40. The molecule has 0 fully saturated rings. The highest BCUT2D eigenvalue weighted by molar-refractivity contribution is 5.82. The topological polar surface area (TPSA) is 34.1 Å². The highest BCUT2D eigenvalue weighted by Gasteiger charge is 2.10. The Balaban J connectivity index is 3.68. The van der Waals surface area contributed by atoms with E-state index in [1.165, 1.54) is 0 Å². The minimum atomic E-state index is -0.116. The number of carbonyl (C=O) groups excluding carboxylic acids is 2. The van der Waals surface area contributed by atoms with Crippen LogP contribution in [0.4, 0.5) is 0 Å². The molecule has 10 heavy (non-hydrogen) atoms. The minimum absolute atomic E-state index is 0.0578. The van der Waals surface area contributed by atoms with E-state index in [2.05, 4.69) is 0 Å². The number of hydrogen-bond acceptors (Lipinski definition) is 2. The quantitative estimate of drug-likeness (QED) is 0.556. The second kappa shape index (κ2) is 4.20. The van der Waals surface area contributed by atoms with Crippen molar-refractivity contribution in [2.75, 3.05) is 0 Å². The second-order valence-corrected chi connectivity index (χ2v) is 2.94. The van der Waals surface area contributed by atoms with Crippen molar-refractivity contribution >= 4 is 12.1 Å². The molecule has 0 amide bonds. The molecule has 0 aromatic heterocycles. The molecule has 2 heteroatoms. The highest BCUT2D eigenvalue weighted by atomic mass is 16.1. The predicted octanol–water partition coefficient (Wildman–Crippen LogP) is 1.44. The fourth-order valence-corrected chi connectivity index (χ4v) is 0.601. The van der Waals surface area contributed by atoms with Gasteiger partial charge in [0.2, 0.25) is 0 Å². The van der Waals surface area contributed by atoms with Crippen LogP contribution in [-0.4, -0.2) is 12.1 Å². The molecular weight excluding hydrogens is 128 g/mol. The van der Waals surface area contributed by atoms with Gasteiger partial charge in [0.25, 0.3) is 0 Å². The molecule has 0 saturated carbocycles. The monoisotopic (exact) mass is 142 g/mol. The van der Waals surface area contributed by atoms with Crippen LogP contribution in [0.15, 0.2) is 0 Å². The van der Waals surface area contributed by atoms with Gasteiger partial charge in [-0.2, -0.15) is 0 Å². The van der Waals surface area contributed by atoms with E-state index in [0.29, 0.717) is 6.42 Å². The van der Waals surface area contributed by atoms with Crippen molar-refractivity contribution in [3.8, 4) is 0 Å². The van der Waals surface area contributed by atoms with E-state index in [1.54, 1.807) is 6.92 Å². The van der Waals surface area contributed by atoms with E-state index in [9.17, 15) is 9.59 Å². The van der Waals surface area contributed by atoms with Gasteiger partial charge >= 0.3 is 0 Å². The largest absolute Gasteiger partial charge is 0.303 e. The fraction of sp³-hybridized carbons (Fsp3) is 0.750. The van der Waals surface area contributed by atoms with Crippen LogP contribution in [0.2, 0.25) is 0 Å². The van der Waals surface area contributed by atoms with Gasteiger partial charge in [-0.25, -0.2) is 0 Å². The molecule has 0 aliphatic rings. The summed E-state index contributed by atoms with van der Waals surface area (Å²) in [5, 5.41) is 0. The number of hydrogen-bond donors (Lipinski definition) is 0. The van der Waals surface area contributed by atoms with Crippen molar-refractivity contribution in [1.29, 1.82) is 0 Å². The molecule has 0 spiro atoms. The van der Waals surface area contributed by atoms with Crippen LogP contribution < -0.4 is 0 Å². The Morgan fingerprint density at radius 2 is 1.90 bits per heavy atom. The molecule has 0 rings (SSSR count). The molecule has 0 bridgehead atoms. The summed E-state index contributed by atoms with van der Waals surface area (Å²) in [6.07, 6.45) is 1.21. The summed E-state index contributed by atoms with van der Waals surface area (Å²) in [4.78, 5) is 21.1. The Kier molecular flexibility index (Phi) is 3.93. The van der Waals surface area contributed by atoms with Gasteiger partial charge in [0, 0.05) is 18.3 Å². The zero-order valence-electron chi connectivity index (χ0n) is 6.76. The first-order valence-electron chi connectivity index (χ1n) is 3.56. The van der Waals surface area contributed by atoms with Crippen molar-refractivity contribution in [3.05, 3.63) is 0 Å². The molecule has 0 saturated heterocycles. The maximum absolute atomic E-state index is 11.0. The number of Topliss-reactive ketones (excluding diaryl/α,β-unsaturated/α-hetero) is 1. The predicted molar refractivity (Wildman–Crippen MR) is 39.7 cm³/mol. The second-order valence-electron chi connectivity index (χ2n) is 2.94. The van der Waals surface area contributed by atoms with Crippen LogP contribution in [0.1, 0.15) is 27.2 Å². The summed E-state index contributed by atoms with van der Waals surface area (Å²) in [6, 6.07) is 0. The Hall–Kier alpha value is -0.660. The number of aldehydes is 1. The zero-order chi connectivity index (χ0) is 8.15. The molecule has 0 heterocycles. The van der Waals surface area contributed by atoms with Crippen LogP contribution in [0.5, 0.6) is 0 Å². The maximum atomic E-state index is 11.0. The third kappa shape index (κ3) is 3.38. The Morgan fingerprint density at radius 1 is 1.40 bits per heavy atom. The van der Waals surface area contributed by atoms with E-state index < -0.39 is 0 Å². The smallest absolute Gasteiger partial charge is 0.136 e. The summed E-state index contributed by atoms with van der Waals surface area (Å²) in [6.45, 7) is 5.45. The van der Waals surface area contributed by atoms with Gasteiger partial charge in [-0.15, -0.1) is 0 Å². The lowest BCUT2D eigenvalue weighted by molar-refractivity contribution is -0.124. The fourth-order valence-electron chi connectivity index (χ4n) is 0.601. The molecule has 2 nitrogen and oxygen atoms in total. The molecule has 58 valence electrons. The van der Waals surface area contributed by atoms with Gasteiger partial charge in [-0.05, 0) is 0 Å². The zero-order valence-corrected chi connectivity index (χ0v) is 6.76. The standard InChI is InChI=1S/C8H14O2/c1-6(2)8(10)4-7(3)5-9/h5-7H,4H2,1-3H3. The summed E-state index contributed by atoms with van der Waals surface area (Å²) in [5.41, 5.74) is 0. The van der Waals surface area contributed by atoms with E-state index in [4.69, 9.17) is 0 Å². The summed E-state index contributed by atoms with van der Waals surface area (Å²) in [7, 11) is 0. The molecule has 1 atom stereocenters. The SMILES string of the molecule is CC(C=O)CC(=O)C(C)C. The first-order valence-corrected chi connectivity index (χ1v) is 3.56. The van der Waals surface area contributed by atoms with Crippen molar-refractivity contribution in [1.82, 2.24) is 0 Å².